The first-order valence-corrected chi connectivity index (χ1v) is 12.4. The fraction of sp³-hybridized carbons (Fsp3) is 0.280. The van der Waals surface area contributed by atoms with Crippen LogP contribution in [0.2, 0.25) is 0 Å². The number of nitrogens with zero attached hydrogens (tertiary/aromatic N) is 2. The topological polar surface area (TPSA) is 108 Å². The van der Waals surface area contributed by atoms with Gasteiger partial charge in [-0.3, -0.25) is 20.2 Å². The van der Waals surface area contributed by atoms with Crippen molar-refractivity contribution in [2.75, 3.05) is 12.4 Å². The molecule has 1 heterocycles. The highest BCUT2D eigenvalue weighted by Crippen LogP contribution is 2.59. The molecule has 5 rings (SSSR count). The smallest absolute Gasteiger partial charge is 0.282 e. The van der Waals surface area contributed by atoms with Gasteiger partial charge >= 0.3 is 0 Å². The largest absolute Gasteiger partial charge is 0.494 e. The normalized spacial score (nSPS) is 24.7. The van der Waals surface area contributed by atoms with E-state index in [1.165, 1.54) is 31.0 Å². The molecular formula is C25H22ClN3O5S. The third kappa shape index (κ3) is 4.19. The summed E-state index contributed by atoms with van der Waals surface area (Å²) in [7, 11) is 1.49. The Balaban J connectivity index is 1.60. The van der Waals surface area contributed by atoms with Crippen molar-refractivity contribution in [2.45, 2.75) is 33.9 Å². The minimum Gasteiger partial charge on any atom is -0.494 e. The molecule has 1 N–H and O–H groups in total. The Hall–Kier alpha value is -3.30. The molecule has 0 spiro atoms. The Labute approximate surface area is 210 Å². The van der Waals surface area contributed by atoms with Gasteiger partial charge < -0.3 is 10.1 Å². The number of ether oxygens (including phenoxy) is 1. The second-order valence-corrected chi connectivity index (χ2v) is 10.4. The SMILES string of the molecule is COc1cc([N+](=O)[O-])cc2c1N[C@H](c1ccccc1)[C@@H]1C[C@H](Sc3ccccc3[N+](=O)[O-])[C@@H](Cl)[C@H]21. The van der Waals surface area contributed by atoms with E-state index in [1.54, 1.807) is 24.3 Å². The molecule has 0 saturated heterocycles. The van der Waals surface area contributed by atoms with E-state index in [2.05, 4.69) is 5.32 Å². The van der Waals surface area contributed by atoms with E-state index in [1.807, 2.05) is 30.3 Å². The molecule has 0 unspecified atom stereocenters. The summed E-state index contributed by atoms with van der Waals surface area (Å²) in [6, 6.07) is 19.5. The number of methoxy groups -OCH3 is 1. The molecular weight excluding hydrogens is 490 g/mol. The number of nitrogens with one attached hydrogen (secondary N) is 1. The number of nitro groups is 2. The zero-order chi connectivity index (χ0) is 24.7. The van der Waals surface area contributed by atoms with Crippen LogP contribution in [0.25, 0.3) is 0 Å². The number of hydrogen-bond acceptors (Lipinski definition) is 7. The Bertz CT molecular complexity index is 1290. The second kappa shape index (κ2) is 9.39. The molecule has 8 nitrogen and oxygen atoms in total. The lowest BCUT2D eigenvalue weighted by Crippen LogP contribution is -2.31. The van der Waals surface area contributed by atoms with Crippen LogP contribution in [-0.4, -0.2) is 27.6 Å². The molecule has 3 aromatic carbocycles. The molecule has 35 heavy (non-hydrogen) atoms. The molecule has 0 amide bonds. The zero-order valence-electron chi connectivity index (χ0n) is 18.7. The average Bonchev–Trinajstić information content (AvgIpc) is 3.19. The van der Waals surface area contributed by atoms with E-state index in [9.17, 15) is 20.2 Å². The predicted octanol–water partition coefficient (Wildman–Crippen LogP) is 6.55. The summed E-state index contributed by atoms with van der Waals surface area (Å²) >= 11 is 8.52. The number of benzene rings is 3. The van der Waals surface area contributed by atoms with Crippen LogP contribution in [-0.2, 0) is 0 Å². The molecule has 3 aromatic rings. The van der Waals surface area contributed by atoms with Crippen LogP contribution in [0.15, 0.2) is 71.6 Å². The molecule has 1 aliphatic heterocycles. The number of rotatable bonds is 6. The fourth-order valence-electron chi connectivity index (χ4n) is 5.30. The highest BCUT2D eigenvalue weighted by molar-refractivity contribution is 8.00. The number of fused-ring (bicyclic) bond motifs is 3. The van der Waals surface area contributed by atoms with Gasteiger partial charge in [-0.15, -0.1) is 23.4 Å². The number of non-ortho nitro benzene ring substituents is 1. The minimum absolute atomic E-state index is 0.0272. The van der Waals surface area contributed by atoms with Gasteiger partial charge in [-0.25, -0.2) is 0 Å². The minimum atomic E-state index is -0.432. The van der Waals surface area contributed by atoms with Gasteiger partial charge in [-0.1, -0.05) is 42.5 Å². The first kappa shape index (κ1) is 23.4. The van der Waals surface area contributed by atoms with Gasteiger partial charge in [0, 0.05) is 23.3 Å². The summed E-state index contributed by atoms with van der Waals surface area (Å²) in [5, 5.41) is 26.3. The lowest BCUT2D eigenvalue weighted by atomic mass is 9.77. The van der Waals surface area contributed by atoms with Crippen LogP contribution in [0.3, 0.4) is 0 Å². The van der Waals surface area contributed by atoms with E-state index >= 15 is 0 Å². The van der Waals surface area contributed by atoms with Crippen LogP contribution >= 0.6 is 23.4 Å². The lowest BCUT2D eigenvalue weighted by molar-refractivity contribution is -0.387. The molecule has 0 aromatic heterocycles. The Morgan fingerprint density at radius 3 is 2.43 bits per heavy atom. The van der Waals surface area contributed by atoms with Crippen molar-refractivity contribution in [2.24, 2.45) is 5.92 Å². The number of nitro benzene ring substituents is 2. The standard InChI is InChI=1S/C25H22ClN3O5S/c1-34-19-12-15(28(30)31)11-16-22-17(24(27-25(16)19)14-7-3-2-4-8-14)13-21(23(22)26)35-20-10-6-5-9-18(20)29(32)33/h2-12,17,21-24,27H,13H2,1H3/t17-,21+,22-,23-,24-/m1/s1. The van der Waals surface area contributed by atoms with Crippen LogP contribution < -0.4 is 10.1 Å². The molecule has 0 radical (unpaired) electrons. The molecule has 5 atom stereocenters. The first-order valence-electron chi connectivity index (χ1n) is 11.1. The Morgan fingerprint density at radius 1 is 1.03 bits per heavy atom. The van der Waals surface area contributed by atoms with E-state index in [0.29, 0.717) is 22.8 Å². The van der Waals surface area contributed by atoms with Crippen LogP contribution in [0.1, 0.15) is 29.5 Å². The number of anilines is 1. The highest BCUT2D eigenvalue weighted by Gasteiger charge is 2.51. The van der Waals surface area contributed by atoms with E-state index in [0.717, 1.165) is 11.1 Å². The molecule has 2 aliphatic rings. The number of alkyl halides is 1. The predicted molar refractivity (Wildman–Crippen MR) is 136 cm³/mol. The zero-order valence-corrected chi connectivity index (χ0v) is 20.2. The van der Waals surface area contributed by atoms with Gasteiger partial charge in [0.2, 0.25) is 0 Å². The molecule has 10 heteroatoms. The summed E-state index contributed by atoms with van der Waals surface area (Å²) in [6.45, 7) is 0. The summed E-state index contributed by atoms with van der Waals surface area (Å²) in [5.41, 5.74) is 2.52. The maximum absolute atomic E-state index is 11.6. The fourth-order valence-corrected chi connectivity index (χ4v) is 7.24. The highest BCUT2D eigenvalue weighted by atomic mass is 35.5. The Kier molecular flexibility index (Phi) is 6.29. The van der Waals surface area contributed by atoms with E-state index in [4.69, 9.17) is 16.3 Å². The van der Waals surface area contributed by atoms with Crippen molar-refractivity contribution in [3.8, 4) is 5.75 Å². The second-order valence-electron chi connectivity index (χ2n) is 8.65. The van der Waals surface area contributed by atoms with Crippen molar-refractivity contribution in [1.29, 1.82) is 0 Å². The van der Waals surface area contributed by atoms with E-state index in [-0.39, 0.29) is 39.4 Å². The molecule has 0 bridgehead atoms. The third-order valence-electron chi connectivity index (χ3n) is 6.80. The molecule has 1 aliphatic carbocycles. The maximum Gasteiger partial charge on any atom is 0.282 e. The average molecular weight is 512 g/mol. The number of para-hydroxylation sites is 1. The van der Waals surface area contributed by atoms with Gasteiger partial charge in [0.05, 0.1) is 45.0 Å². The summed E-state index contributed by atoms with van der Waals surface area (Å²) < 4.78 is 5.55. The maximum atomic E-state index is 11.6. The molecule has 1 fully saturated rings. The summed E-state index contributed by atoms with van der Waals surface area (Å²) in [6.07, 6.45) is 0.687. The van der Waals surface area contributed by atoms with Crippen LogP contribution in [0.4, 0.5) is 17.1 Å². The van der Waals surface area contributed by atoms with Crippen molar-refractivity contribution < 1.29 is 14.6 Å². The van der Waals surface area contributed by atoms with Gasteiger partial charge in [0.15, 0.2) is 0 Å². The first-order chi connectivity index (χ1) is 16.9. The van der Waals surface area contributed by atoms with Gasteiger partial charge in [0.1, 0.15) is 5.75 Å². The quantitative estimate of drug-likeness (QED) is 0.227. The summed E-state index contributed by atoms with van der Waals surface area (Å²) in [4.78, 5) is 23.0. The van der Waals surface area contributed by atoms with Crippen LogP contribution in [0, 0.1) is 26.1 Å². The lowest BCUT2D eigenvalue weighted by Gasteiger charge is -2.38. The number of hydrogen-bond donors (Lipinski definition) is 1. The Morgan fingerprint density at radius 2 is 1.74 bits per heavy atom. The van der Waals surface area contributed by atoms with Crippen molar-refractivity contribution in [3.05, 3.63) is 98.1 Å². The summed E-state index contributed by atoms with van der Waals surface area (Å²) in [5.74, 6) is 0.221. The van der Waals surface area contributed by atoms with Crippen LogP contribution in [0.5, 0.6) is 5.75 Å². The van der Waals surface area contributed by atoms with Gasteiger partial charge in [0.25, 0.3) is 11.4 Å². The van der Waals surface area contributed by atoms with Crippen molar-refractivity contribution >= 4 is 40.4 Å². The number of thioether (sulfide) groups is 1. The van der Waals surface area contributed by atoms with Gasteiger partial charge in [-0.2, -0.15) is 0 Å². The van der Waals surface area contributed by atoms with Gasteiger partial charge in [-0.05, 0) is 29.5 Å². The monoisotopic (exact) mass is 511 g/mol. The molecule has 1 saturated carbocycles. The molecule has 180 valence electrons. The number of halogens is 1. The van der Waals surface area contributed by atoms with Crippen molar-refractivity contribution in [1.82, 2.24) is 0 Å². The van der Waals surface area contributed by atoms with E-state index < -0.39 is 10.3 Å². The third-order valence-corrected chi connectivity index (χ3v) is 8.91. The van der Waals surface area contributed by atoms with Crippen molar-refractivity contribution in [3.63, 3.8) is 0 Å².